The van der Waals surface area contributed by atoms with Gasteiger partial charge in [-0.2, -0.15) is 0 Å². The van der Waals surface area contributed by atoms with Gasteiger partial charge in [0.05, 0.1) is 18.6 Å². The number of morpholine rings is 1. The molecular weight excluding hydrogens is 319 g/mol. The fourth-order valence-electron chi connectivity index (χ4n) is 3.45. The van der Waals surface area contributed by atoms with Crippen molar-refractivity contribution in [2.75, 3.05) is 36.5 Å². The van der Waals surface area contributed by atoms with Gasteiger partial charge >= 0.3 is 0 Å². The Morgan fingerprint density at radius 2 is 1.84 bits per heavy atom. The summed E-state index contributed by atoms with van der Waals surface area (Å²) >= 11 is 0. The molecule has 2 aliphatic rings. The Morgan fingerprint density at radius 3 is 2.56 bits per heavy atom. The average molecular weight is 340 g/mol. The molecule has 2 aromatic rings. The van der Waals surface area contributed by atoms with E-state index >= 15 is 0 Å². The van der Waals surface area contributed by atoms with Crippen LogP contribution in [0.1, 0.15) is 18.4 Å². The van der Waals surface area contributed by atoms with Crippen LogP contribution in [0.2, 0.25) is 0 Å². The summed E-state index contributed by atoms with van der Waals surface area (Å²) in [5, 5.41) is 2.99. The molecule has 0 radical (unpaired) electrons. The maximum atomic E-state index is 14.1. The van der Waals surface area contributed by atoms with Gasteiger partial charge < -0.3 is 15.0 Å². The Bertz CT molecular complexity index is 783. The van der Waals surface area contributed by atoms with Gasteiger partial charge in [-0.05, 0) is 37.1 Å². The molecule has 1 aliphatic heterocycles. The van der Waals surface area contributed by atoms with E-state index in [0.29, 0.717) is 31.6 Å². The summed E-state index contributed by atoms with van der Waals surface area (Å²) in [6.07, 6.45) is 1.37. The Labute approximate surface area is 146 Å². The summed E-state index contributed by atoms with van der Waals surface area (Å²) in [4.78, 5) is 15.1. The van der Waals surface area contributed by atoms with E-state index in [0.717, 1.165) is 24.5 Å². The topological polar surface area (TPSA) is 41.6 Å². The molecule has 1 heterocycles. The standard InChI is InChI=1S/C20H21FN2O2/c21-18-7-2-1-6-17(18)20(8-9-20)19(24)22-15-4-3-5-16(14-15)23-10-12-25-13-11-23/h1-7,14H,8-13H2,(H,22,24). The molecule has 1 saturated carbocycles. The molecule has 0 atom stereocenters. The average Bonchev–Trinajstić information content (AvgIpc) is 3.45. The molecule has 0 unspecified atom stereocenters. The molecule has 130 valence electrons. The normalized spacial score (nSPS) is 18.7. The molecule has 2 fully saturated rings. The maximum Gasteiger partial charge on any atom is 0.235 e. The van der Waals surface area contributed by atoms with Crippen LogP contribution in [0.4, 0.5) is 15.8 Å². The van der Waals surface area contributed by atoms with Gasteiger partial charge in [0, 0.05) is 30.0 Å². The fraction of sp³-hybridized carbons (Fsp3) is 0.350. The van der Waals surface area contributed by atoms with E-state index in [1.54, 1.807) is 18.2 Å². The fourth-order valence-corrected chi connectivity index (χ4v) is 3.45. The van der Waals surface area contributed by atoms with Crippen molar-refractivity contribution in [2.45, 2.75) is 18.3 Å². The van der Waals surface area contributed by atoms with Gasteiger partial charge in [0.15, 0.2) is 0 Å². The van der Waals surface area contributed by atoms with E-state index < -0.39 is 5.41 Å². The number of rotatable bonds is 4. The Balaban J connectivity index is 1.52. The largest absolute Gasteiger partial charge is 0.378 e. The first-order valence-electron chi connectivity index (χ1n) is 8.68. The maximum absolute atomic E-state index is 14.1. The summed E-state index contributed by atoms with van der Waals surface area (Å²) in [5.74, 6) is -0.436. The molecule has 5 heteroatoms. The van der Waals surface area contributed by atoms with Gasteiger partial charge in [-0.3, -0.25) is 4.79 Å². The number of amides is 1. The number of hydrogen-bond donors (Lipinski definition) is 1. The van der Waals surface area contributed by atoms with Gasteiger partial charge in [-0.15, -0.1) is 0 Å². The van der Waals surface area contributed by atoms with Crippen LogP contribution in [0.5, 0.6) is 0 Å². The molecule has 0 bridgehead atoms. The predicted octanol–water partition coefficient (Wildman–Crippen LogP) is 3.33. The van der Waals surface area contributed by atoms with Crippen LogP contribution in [0, 0.1) is 5.82 Å². The van der Waals surface area contributed by atoms with Crippen molar-refractivity contribution in [2.24, 2.45) is 0 Å². The van der Waals surface area contributed by atoms with Crippen LogP contribution in [0.25, 0.3) is 0 Å². The molecule has 0 spiro atoms. The molecule has 0 aromatic heterocycles. The number of nitrogens with zero attached hydrogens (tertiary/aromatic N) is 1. The molecule has 25 heavy (non-hydrogen) atoms. The first-order valence-corrected chi connectivity index (χ1v) is 8.68. The van der Waals surface area contributed by atoms with Gasteiger partial charge in [0.25, 0.3) is 0 Å². The quantitative estimate of drug-likeness (QED) is 0.928. The van der Waals surface area contributed by atoms with Gasteiger partial charge in [0.1, 0.15) is 5.82 Å². The number of carbonyl (C=O) groups excluding carboxylic acids is 1. The highest BCUT2D eigenvalue weighted by molar-refractivity contribution is 6.01. The Hall–Kier alpha value is -2.40. The summed E-state index contributed by atoms with van der Waals surface area (Å²) in [5.41, 5.74) is 1.59. The van der Waals surface area contributed by atoms with E-state index in [9.17, 15) is 9.18 Å². The van der Waals surface area contributed by atoms with E-state index in [2.05, 4.69) is 10.2 Å². The minimum Gasteiger partial charge on any atom is -0.378 e. The van der Waals surface area contributed by atoms with Crippen molar-refractivity contribution in [3.05, 3.63) is 59.9 Å². The predicted molar refractivity (Wildman–Crippen MR) is 95.4 cm³/mol. The molecular formula is C20H21FN2O2. The van der Waals surface area contributed by atoms with Gasteiger partial charge in [-0.25, -0.2) is 4.39 Å². The van der Waals surface area contributed by atoms with Crippen LogP contribution < -0.4 is 10.2 Å². The number of carbonyl (C=O) groups is 1. The first kappa shape index (κ1) is 16.1. The van der Waals surface area contributed by atoms with Crippen LogP contribution in [-0.2, 0) is 14.9 Å². The van der Waals surface area contributed by atoms with Crippen molar-refractivity contribution >= 4 is 17.3 Å². The van der Waals surface area contributed by atoms with Crippen molar-refractivity contribution in [1.82, 2.24) is 0 Å². The number of benzene rings is 2. The third-order valence-electron chi connectivity index (χ3n) is 5.05. The SMILES string of the molecule is O=C(Nc1cccc(N2CCOCC2)c1)C1(c2ccccc2F)CC1. The minimum absolute atomic E-state index is 0.128. The second kappa shape index (κ2) is 6.48. The molecule has 1 aliphatic carbocycles. The summed E-state index contributed by atoms with van der Waals surface area (Å²) in [6, 6.07) is 14.4. The molecule has 1 N–H and O–H groups in total. The Kier molecular flexibility index (Phi) is 4.17. The highest BCUT2D eigenvalue weighted by Crippen LogP contribution is 2.49. The van der Waals surface area contributed by atoms with Crippen LogP contribution in [0.15, 0.2) is 48.5 Å². The van der Waals surface area contributed by atoms with Crippen molar-refractivity contribution in [3.8, 4) is 0 Å². The highest BCUT2D eigenvalue weighted by atomic mass is 19.1. The highest BCUT2D eigenvalue weighted by Gasteiger charge is 2.52. The van der Waals surface area contributed by atoms with E-state index in [1.165, 1.54) is 6.07 Å². The number of hydrogen-bond acceptors (Lipinski definition) is 3. The number of anilines is 2. The third kappa shape index (κ3) is 3.12. The summed E-state index contributed by atoms with van der Waals surface area (Å²) < 4.78 is 19.5. The second-order valence-corrected chi connectivity index (χ2v) is 6.67. The lowest BCUT2D eigenvalue weighted by Gasteiger charge is -2.29. The second-order valence-electron chi connectivity index (χ2n) is 6.67. The molecule has 2 aromatic carbocycles. The minimum atomic E-state index is -0.722. The van der Waals surface area contributed by atoms with Crippen molar-refractivity contribution in [1.29, 1.82) is 0 Å². The van der Waals surface area contributed by atoms with Crippen LogP contribution in [0.3, 0.4) is 0 Å². The third-order valence-corrected chi connectivity index (χ3v) is 5.05. The lowest BCUT2D eigenvalue weighted by molar-refractivity contribution is -0.118. The van der Waals surface area contributed by atoms with E-state index in [-0.39, 0.29) is 11.7 Å². The van der Waals surface area contributed by atoms with Gasteiger partial charge in [0.2, 0.25) is 5.91 Å². The molecule has 4 rings (SSSR count). The zero-order valence-corrected chi connectivity index (χ0v) is 14.0. The molecule has 1 amide bonds. The number of nitrogens with one attached hydrogen (secondary N) is 1. The first-order chi connectivity index (χ1) is 12.2. The number of ether oxygens (including phenoxy) is 1. The lowest BCUT2D eigenvalue weighted by atomic mass is 9.94. The molecule has 1 saturated heterocycles. The van der Waals surface area contributed by atoms with Crippen molar-refractivity contribution in [3.63, 3.8) is 0 Å². The van der Waals surface area contributed by atoms with Crippen molar-refractivity contribution < 1.29 is 13.9 Å². The monoisotopic (exact) mass is 340 g/mol. The summed E-state index contributed by atoms with van der Waals surface area (Å²) in [6.45, 7) is 3.12. The lowest BCUT2D eigenvalue weighted by Crippen LogP contribution is -2.36. The van der Waals surface area contributed by atoms with Gasteiger partial charge in [-0.1, -0.05) is 24.3 Å². The Morgan fingerprint density at radius 1 is 1.08 bits per heavy atom. The number of halogens is 1. The van der Waals surface area contributed by atoms with Crippen LogP contribution in [-0.4, -0.2) is 32.2 Å². The zero-order chi connectivity index (χ0) is 17.3. The zero-order valence-electron chi connectivity index (χ0n) is 14.0. The van der Waals surface area contributed by atoms with E-state index in [1.807, 2.05) is 24.3 Å². The summed E-state index contributed by atoms with van der Waals surface area (Å²) in [7, 11) is 0. The van der Waals surface area contributed by atoms with E-state index in [4.69, 9.17) is 4.74 Å². The molecule has 4 nitrogen and oxygen atoms in total. The van der Waals surface area contributed by atoms with Crippen LogP contribution >= 0.6 is 0 Å². The smallest absolute Gasteiger partial charge is 0.235 e.